The van der Waals surface area contributed by atoms with Crippen molar-refractivity contribution < 1.29 is 4.79 Å². The van der Waals surface area contributed by atoms with Gasteiger partial charge in [0.1, 0.15) is 0 Å². The average molecular weight is 337 g/mol. The number of piperidine rings is 1. The van der Waals surface area contributed by atoms with Gasteiger partial charge in [0.05, 0.1) is 0 Å². The molecule has 1 fully saturated rings. The normalized spacial score (nSPS) is 26.1. The number of nitrogens with two attached hydrogens (primary N) is 1. The third-order valence-electron chi connectivity index (χ3n) is 5.58. The van der Waals surface area contributed by atoms with E-state index < -0.39 is 0 Å². The summed E-state index contributed by atoms with van der Waals surface area (Å²) < 4.78 is 0. The van der Waals surface area contributed by atoms with Crippen LogP contribution in [0.4, 0.5) is 0 Å². The molecule has 1 saturated heterocycles. The number of likely N-dealkylation sites (tertiary alicyclic amines) is 1. The molecule has 2 unspecified atom stereocenters. The van der Waals surface area contributed by atoms with E-state index >= 15 is 0 Å². The zero-order chi connectivity index (χ0) is 15.7. The van der Waals surface area contributed by atoms with Crippen molar-refractivity contribution in [1.82, 2.24) is 4.90 Å². The van der Waals surface area contributed by atoms with Crippen LogP contribution < -0.4 is 5.73 Å². The smallest absolute Gasteiger partial charge is 0.222 e. The highest BCUT2D eigenvalue weighted by atomic mass is 35.5. The molecular weight excluding hydrogens is 308 g/mol. The van der Waals surface area contributed by atoms with E-state index in [0.29, 0.717) is 18.2 Å². The Morgan fingerprint density at radius 1 is 1.26 bits per heavy atom. The van der Waals surface area contributed by atoms with E-state index in [9.17, 15) is 4.79 Å². The highest BCUT2D eigenvalue weighted by Gasteiger charge is 2.35. The zero-order valence-electron chi connectivity index (χ0n) is 14.3. The molecule has 1 heterocycles. The number of nitrogens with zero attached hydrogens (tertiary/aromatic N) is 1. The Labute approximate surface area is 146 Å². The number of rotatable bonds is 2. The third kappa shape index (κ3) is 4.07. The van der Waals surface area contributed by atoms with Gasteiger partial charge in [-0.15, -0.1) is 12.4 Å². The lowest BCUT2D eigenvalue weighted by Gasteiger charge is -2.43. The Bertz CT molecular complexity index is 558. The Kier molecular flexibility index (Phi) is 5.74. The van der Waals surface area contributed by atoms with Crippen LogP contribution >= 0.6 is 12.4 Å². The molecule has 2 N–H and O–H groups in total. The van der Waals surface area contributed by atoms with Gasteiger partial charge in [-0.3, -0.25) is 4.79 Å². The molecule has 23 heavy (non-hydrogen) atoms. The first-order chi connectivity index (χ1) is 10.5. The number of aryl methyl sites for hydroxylation is 1. The number of amides is 1. The summed E-state index contributed by atoms with van der Waals surface area (Å²) in [5.41, 5.74) is 9.12. The van der Waals surface area contributed by atoms with Gasteiger partial charge in [0.25, 0.3) is 0 Å². The standard InChI is InChI=1S/C19H28N2O.ClH/c1-19(2)13-21(10-9-17(19)20)18(22)12-14-7-8-15-5-3-4-6-16(15)11-14;/h3-6,14,17H,7-13,20H2,1-2H3;1H. The number of halogens is 1. The molecule has 0 aromatic heterocycles. The first-order valence-electron chi connectivity index (χ1n) is 8.56. The second kappa shape index (κ2) is 7.23. The number of hydrogen-bond donors (Lipinski definition) is 1. The summed E-state index contributed by atoms with van der Waals surface area (Å²) in [4.78, 5) is 14.7. The first-order valence-corrected chi connectivity index (χ1v) is 8.56. The van der Waals surface area contributed by atoms with Crippen molar-refractivity contribution in [2.45, 2.75) is 52.0 Å². The quantitative estimate of drug-likeness (QED) is 0.901. The van der Waals surface area contributed by atoms with E-state index in [1.54, 1.807) is 0 Å². The summed E-state index contributed by atoms with van der Waals surface area (Å²) in [7, 11) is 0. The van der Waals surface area contributed by atoms with Gasteiger partial charge in [-0.05, 0) is 48.1 Å². The van der Waals surface area contributed by atoms with Crippen molar-refractivity contribution >= 4 is 18.3 Å². The fraction of sp³-hybridized carbons (Fsp3) is 0.632. The van der Waals surface area contributed by atoms with Gasteiger partial charge >= 0.3 is 0 Å². The average Bonchev–Trinajstić information content (AvgIpc) is 2.49. The van der Waals surface area contributed by atoms with Crippen molar-refractivity contribution in [3.8, 4) is 0 Å². The van der Waals surface area contributed by atoms with Crippen molar-refractivity contribution in [2.24, 2.45) is 17.1 Å². The molecule has 0 bridgehead atoms. The highest BCUT2D eigenvalue weighted by Crippen LogP contribution is 2.31. The number of carbonyl (C=O) groups excluding carboxylic acids is 1. The summed E-state index contributed by atoms with van der Waals surface area (Å²) in [6.07, 6.45) is 4.93. The highest BCUT2D eigenvalue weighted by molar-refractivity contribution is 5.85. The molecule has 1 aromatic carbocycles. The van der Waals surface area contributed by atoms with Crippen LogP contribution in [0.2, 0.25) is 0 Å². The monoisotopic (exact) mass is 336 g/mol. The van der Waals surface area contributed by atoms with Crippen molar-refractivity contribution in [3.63, 3.8) is 0 Å². The second-order valence-corrected chi connectivity index (χ2v) is 7.78. The van der Waals surface area contributed by atoms with E-state index in [0.717, 1.165) is 38.8 Å². The van der Waals surface area contributed by atoms with Crippen LogP contribution in [0.3, 0.4) is 0 Å². The molecule has 0 radical (unpaired) electrons. The largest absolute Gasteiger partial charge is 0.342 e. The van der Waals surface area contributed by atoms with Crippen LogP contribution in [0.1, 0.15) is 44.2 Å². The summed E-state index contributed by atoms with van der Waals surface area (Å²) in [6, 6.07) is 8.87. The number of hydrogen-bond acceptors (Lipinski definition) is 2. The van der Waals surface area contributed by atoms with Gasteiger partial charge in [-0.1, -0.05) is 38.1 Å². The molecule has 0 saturated carbocycles. The third-order valence-corrected chi connectivity index (χ3v) is 5.58. The predicted octanol–water partition coefficient (Wildman–Crippen LogP) is 3.19. The summed E-state index contributed by atoms with van der Waals surface area (Å²) >= 11 is 0. The van der Waals surface area contributed by atoms with Gasteiger partial charge < -0.3 is 10.6 Å². The van der Waals surface area contributed by atoms with Crippen molar-refractivity contribution in [3.05, 3.63) is 35.4 Å². The maximum Gasteiger partial charge on any atom is 0.222 e. The molecule has 3 nitrogen and oxygen atoms in total. The molecule has 128 valence electrons. The lowest BCUT2D eigenvalue weighted by molar-refractivity contribution is -0.135. The molecule has 1 amide bonds. The lowest BCUT2D eigenvalue weighted by Crippen LogP contribution is -2.54. The Balaban J connectivity index is 0.00000192. The first kappa shape index (κ1) is 18.3. The maximum atomic E-state index is 12.7. The van der Waals surface area contributed by atoms with Gasteiger partial charge in [0, 0.05) is 25.6 Å². The summed E-state index contributed by atoms with van der Waals surface area (Å²) in [6.45, 7) is 5.98. The molecule has 2 atom stereocenters. The number of benzene rings is 1. The van der Waals surface area contributed by atoms with Crippen LogP contribution in [0.5, 0.6) is 0 Å². The molecule has 3 rings (SSSR count). The van der Waals surface area contributed by atoms with E-state index in [1.807, 2.05) is 4.90 Å². The Hall–Kier alpha value is -1.06. The molecular formula is C19H29ClN2O. The Morgan fingerprint density at radius 3 is 2.65 bits per heavy atom. The van der Waals surface area contributed by atoms with Gasteiger partial charge in [-0.2, -0.15) is 0 Å². The minimum atomic E-state index is 0. The SMILES string of the molecule is CC1(C)CN(C(=O)CC2CCc3ccccc3C2)CCC1N.Cl. The minimum Gasteiger partial charge on any atom is -0.342 e. The predicted molar refractivity (Wildman–Crippen MR) is 96.8 cm³/mol. The van der Waals surface area contributed by atoms with Crippen LogP contribution in [0.25, 0.3) is 0 Å². The van der Waals surface area contributed by atoms with Gasteiger partial charge in [-0.25, -0.2) is 0 Å². The minimum absolute atomic E-state index is 0. The summed E-state index contributed by atoms with van der Waals surface area (Å²) in [5.74, 6) is 0.825. The topological polar surface area (TPSA) is 46.3 Å². The van der Waals surface area contributed by atoms with E-state index in [1.165, 1.54) is 11.1 Å². The maximum absolute atomic E-state index is 12.7. The molecule has 1 aromatic rings. The molecule has 1 aliphatic carbocycles. The van der Waals surface area contributed by atoms with Gasteiger partial charge in [0.2, 0.25) is 5.91 Å². The zero-order valence-corrected chi connectivity index (χ0v) is 15.1. The van der Waals surface area contributed by atoms with Gasteiger partial charge in [0.15, 0.2) is 0 Å². The fourth-order valence-corrected chi connectivity index (χ4v) is 3.91. The van der Waals surface area contributed by atoms with Crippen LogP contribution in [-0.2, 0) is 17.6 Å². The van der Waals surface area contributed by atoms with Crippen molar-refractivity contribution in [1.29, 1.82) is 0 Å². The van der Waals surface area contributed by atoms with Crippen LogP contribution in [-0.4, -0.2) is 29.9 Å². The fourth-order valence-electron chi connectivity index (χ4n) is 3.91. The summed E-state index contributed by atoms with van der Waals surface area (Å²) in [5, 5.41) is 0. The molecule has 4 heteroatoms. The number of fused-ring (bicyclic) bond motifs is 1. The van der Waals surface area contributed by atoms with E-state index in [2.05, 4.69) is 38.1 Å². The molecule has 1 aliphatic heterocycles. The van der Waals surface area contributed by atoms with Crippen molar-refractivity contribution in [2.75, 3.05) is 13.1 Å². The van der Waals surface area contributed by atoms with E-state index in [-0.39, 0.29) is 23.9 Å². The van der Waals surface area contributed by atoms with Crippen LogP contribution in [0, 0.1) is 11.3 Å². The second-order valence-electron chi connectivity index (χ2n) is 7.78. The van der Waals surface area contributed by atoms with Crippen LogP contribution in [0.15, 0.2) is 24.3 Å². The Morgan fingerprint density at radius 2 is 1.96 bits per heavy atom. The molecule has 2 aliphatic rings. The number of carbonyl (C=O) groups is 1. The lowest BCUT2D eigenvalue weighted by atomic mass is 9.79. The molecule has 0 spiro atoms. The van der Waals surface area contributed by atoms with E-state index in [4.69, 9.17) is 5.73 Å².